The van der Waals surface area contributed by atoms with Crippen molar-refractivity contribution in [2.45, 2.75) is 238 Å². The van der Waals surface area contributed by atoms with Crippen LogP contribution in [0.4, 0.5) is 0 Å². The molecule has 3 heteroatoms. The summed E-state index contributed by atoms with van der Waals surface area (Å²) in [5.41, 5.74) is 0. The smallest absolute Gasteiger partial charge is 0.305 e. The van der Waals surface area contributed by atoms with Gasteiger partial charge in [0.1, 0.15) is 0 Å². The van der Waals surface area contributed by atoms with E-state index in [1.54, 1.807) is 0 Å². The van der Waals surface area contributed by atoms with Crippen LogP contribution in [0.25, 0.3) is 0 Å². The summed E-state index contributed by atoms with van der Waals surface area (Å²) in [6.45, 7) is 3.27. The zero-order valence-electron chi connectivity index (χ0n) is 30.8. The first kappa shape index (κ1) is 44.2. The average Bonchev–Trinajstić information content (AvgIpc) is 3.05. The molecule has 0 saturated heterocycles. The molecular formula is C42H82O3. The van der Waals surface area contributed by atoms with Gasteiger partial charge in [-0.25, -0.2) is 0 Å². The van der Waals surface area contributed by atoms with Gasteiger partial charge in [0.05, 0.1) is 6.61 Å². The summed E-state index contributed by atoms with van der Waals surface area (Å²) in [5.74, 6) is 0.0176. The first-order chi connectivity index (χ1) is 22.3. The zero-order valence-corrected chi connectivity index (χ0v) is 30.8. The van der Waals surface area contributed by atoms with Crippen LogP contribution in [0.15, 0.2) is 12.2 Å². The minimum Gasteiger partial charge on any atom is -0.466 e. The van der Waals surface area contributed by atoms with E-state index in [0.717, 1.165) is 19.3 Å². The van der Waals surface area contributed by atoms with E-state index in [9.17, 15) is 4.79 Å². The van der Waals surface area contributed by atoms with Crippen molar-refractivity contribution in [2.24, 2.45) is 0 Å². The lowest BCUT2D eigenvalue weighted by Gasteiger charge is -2.06. The number of aliphatic hydroxyl groups excluding tert-OH is 1. The number of hydrogen-bond acceptors (Lipinski definition) is 3. The van der Waals surface area contributed by atoms with Crippen LogP contribution in [-0.2, 0) is 9.53 Å². The summed E-state index contributed by atoms with van der Waals surface area (Å²) in [7, 11) is 0. The Morgan fingerprint density at radius 2 is 0.733 bits per heavy atom. The quantitative estimate of drug-likeness (QED) is 0.0416. The van der Waals surface area contributed by atoms with Crippen LogP contribution < -0.4 is 0 Å². The monoisotopic (exact) mass is 635 g/mol. The Labute approximate surface area is 283 Å². The number of allylic oxidation sites excluding steroid dienone is 2. The molecule has 45 heavy (non-hydrogen) atoms. The highest BCUT2D eigenvalue weighted by Gasteiger charge is 2.03. The number of unbranched alkanes of at least 4 members (excludes halogenated alkanes) is 32. The van der Waals surface area contributed by atoms with Gasteiger partial charge in [-0.1, -0.05) is 199 Å². The molecular weight excluding hydrogens is 552 g/mol. The lowest BCUT2D eigenvalue weighted by Crippen LogP contribution is -2.05. The normalized spacial score (nSPS) is 11.6. The molecule has 0 unspecified atom stereocenters. The van der Waals surface area contributed by atoms with E-state index in [-0.39, 0.29) is 5.97 Å². The van der Waals surface area contributed by atoms with Gasteiger partial charge in [-0.2, -0.15) is 0 Å². The number of esters is 1. The number of carbonyl (C=O) groups is 1. The fraction of sp³-hybridized carbons (Fsp3) is 0.929. The van der Waals surface area contributed by atoms with Crippen molar-refractivity contribution in [1.82, 2.24) is 0 Å². The minimum atomic E-state index is 0.0176. The molecule has 0 spiro atoms. The van der Waals surface area contributed by atoms with E-state index in [4.69, 9.17) is 9.84 Å². The van der Waals surface area contributed by atoms with Crippen molar-refractivity contribution in [3.8, 4) is 0 Å². The third kappa shape index (κ3) is 41.1. The largest absolute Gasteiger partial charge is 0.466 e. The molecule has 3 nitrogen and oxygen atoms in total. The first-order valence-electron chi connectivity index (χ1n) is 20.7. The van der Waals surface area contributed by atoms with Crippen LogP contribution in [0.5, 0.6) is 0 Å². The van der Waals surface area contributed by atoms with E-state index in [0.29, 0.717) is 19.6 Å². The highest BCUT2D eigenvalue weighted by atomic mass is 16.5. The van der Waals surface area contributed by atoms with Crippen LogP contribution in [0.2, 0.25) is 0 Å². The van der Waals surface area contributed by atoms with E-state index in [1.165, 1.54) is 205 Å². The topological polar surface area (TPSA) is 46.5 Å². The summed E-state index contributed by atoms with van der Waals surface area (Å²) in [6, 6.07) is 0. The lowest BCUT2D eigenvalue weighted by molar-refractivity contribution is -0.143. The van der Waals surface area contributed by atoms with Crippen molar-refractivity contribution in [1.29, 1.82) is 0 Å². The van der Waals surface area contributed by atoms with Gasteiger partial charge in [0.2, 0.25) is 0 Å². The van der Waals surface area contributed by atoms with Crippen LogP contribution in [-0.4, -0.2) is 24.3 Å². The van der Waals surface area contributed by atoms with E-state index in [2.05, 4.69) is 19.1 Å². The van der Waals surface area contributed by atoms with Gasteiger partial charge >= 0.3 is 5.97 Å². The molecule has 0 atom stereocenters. The van der Waals surface area contributed by atoms with Crippen molar-refractivity contribution >= 4 is 5.97 Å². The van der Waals surface area contributed by atoms with Gasteiger partial charge in [-0.3, -0.25) is 4.79 Å². The molecule has 268 valence electrons. The summed E-state index contributed by atoms with van der Waals surface area (Å²) in [5, 5.41) is 8.79. The molecule has 0 fully saturated rings. The van der Waals surface area contributed by atoms with E-state index >= 15 is 0 Å². The molecule has 0 radical (unpaired) electrons. The number of aliphatic hydroxyl groups is 1. The maximum absolute atomic E-state index is 12.0. The predicted octanol–water partition coefficient (Wildman–Crippen LogP) is 14.1. The predicted molar refractivity (Wildman–Crippen MR) is 199 cm³/mol. The van der Waals surface area contributed by atoms with Gasteiger partial charge < -0.3 is 9.84 Å². The molecule has 0 aliphatic rings. The Bertz CT molecular complexity index is 572. The van der Waals surface area contributed by atoms with Gasteiger partial charge in [-0.05, 0) is 44.9 Å². The average molecular weight is 635 g/mol. The summed E-state index contributed by atoms with van der Waals surface area (Å²) in [4.78, 5) is 12.0. The molecule has 0 amide bonds. The minimum absolute atomic E-state index is 0.0176. The van der Waals surface area contributed by atoms with Crippen molar-refractivity contribution in [2.75, 3.05) is 13.2 Å². The lowest BCUT2D eigenvalue weighted by atomic mass is 10.0. The third-order valence-corrected chi connectivity index (χ3v) is 9.46. The SMILES string of the molecule is CCCCCCCCC=CCCCCCCCCCC(=O)OCCCCCCCCCCCCCCCCCCCCCCO. The molecule has 0 rings (SSSR count). The standard InChI is InChI=1S/C42H82O3/c1-2-3-4-5-6-7-8-9-10-15-18-21-24-27-30-33-36-39-42(44)45-41-38-35-32-29-26-23-20-17-14-12-11-13-16-19-22-25-28-31-34-37-40-43/h9-10,43H,2-8,11-41H2,1H3. The Kier molecular flexibility index (Phi) is 40.4. The molecule has 0 bridgehead atoms. The van der Waals surface area contributed by atoms with Crippen LogP contribution in [0, 0.1) is 0 Å². The molecule has 0 heterocycles. The summed E-state index contributed by atoms with van der Waals surface area (Å²) in [6.07, 6.45) is 51.7. The number of carbonyl (C=O) groups excluding carboxylic acids is 1. The zero-order chi connectivity index (χ0) is 32.6. The summed E-state index contributed by atoms with van der Waals surface area (Å²) < 4.78 is 5.46. The molecule has 0 aromatic heterocycles. The van der Waals surface area contributed by atoms with Crippen molar-refractivity contribution in [3.63, 3.8) is 0 Å². The number of ether oxygens (including phenoxy) is 1. The van der Waals surface area contributed by atoms with Crippen LogP contribution in [0.1, 0.15) is 238 Å². The Morgan fingerprint density at radius 3 is 1.11 bits per heavy atom. The van der Waals surface area contributed by atoms with Gasteiger partial charge in [0, 0.05) is 13.0 Å². The van der Waals surface area contributed by atoms with Gasteiger partial charge in [-0.15, -0.1) is 0 Å². The molecule has 0 aromatic carbocycles. The molecule has 0 saturated carbocycles. The fourth-order valence-corrected chi connectivity index (χ4v) is 6.35. The molecule has 1 N–H and O–H groups in total. The highest BCUT2D eigenvalue weighted by molar-refractivity contribution is 5.69. The second-order valence-corrected chi connectivity index (χ2v) is 14.1. The number of hydrogen-bond donors (Lipinski definition) is 1. The number of rotatable bonds is 39. The second-order valence-electron chi connectivity index (χ2n) is 14.1. The van der Waals surface area contributed by atoms with Crippen LogP contribution >= 0.6 is 0 Å². The summed E-state index contributed by atoms with van der Waals surface area (Å²) >= 11 is 0. The first-order valence-corrected chi connectivity index (χ1v) is 20.7. The molecule has 0 aliphatic heterocycles. The van der Waals surface area contributed by atoms with Gasteiger partial charge in [0.15, 0.2) is 0 Å². The Morgan fingerprint density at radius 1 is 0.422 bits per heavy atom. The Balaban J connectivity index is 3.17. The Hall–Kier alpha value is -0.830. The maximum Gasteiger partial charge on any atom is 0.305 e. The van der Waals surface area contributed by atoms with Crippen molar-refractivity contribution < 1.29 is 14.6 Å². The third-order valence-electron chi connectivity index (χ3n) is 9.46. The second kappa shape index (κ2) is 41.2. The highest BCUT2D eigenvalue weighted by Crippen LogP contribution is 2.15. The van der Waals surface area contributed by atoms with Crippen molar-refractivity contribution in [3.05, 3.63) is 12.2 Å². The fourth-order valence-electron chi connectivity index (χ4n) is 6.35. The van der Waals surface area contributed by atoms with Gasteiger partial charge in [0.25, 0.3) is 0 Å². The molecule has 0 aromatic rings. The van der Waals surface area contributed by atoms with E-state index < -0.39 is 0 Å². The maximum atomic E-state index is 12.0. The molecule has 0 aliphatic carbocycles. The van der Waals surface area contributed by atoms with Crippen LogP contribution in [0.3, 0.4) is 0 Å². The van der Waals surface area contributed by atoms with E-state index in [1.807, 2.05) is 0 Å².